The largest absolute Gasteiger partial charge is 0.438 e. The van der Waals surface area contributed by atoms with Gasteiger partial charge in [-0.3, -0.25) is 9.51 Å². The van der Waals surface area contributed by atoms with Crippen LogP contribution in [0.5, 0.6) is 0 Å². The van der Waals surface area contributed by atoms with Gasteiger partial charge in [-0.1, -0.05) is 29.3 Å². The van der Waals surface area contributed by atoms with E-state index in [-0.39, 0.29) is 0 Å². The molecule has 1 fully saturated rings. The lowest BCUT2D eigenvalue weighted by atomic mass is 10.1. The summed E-state index contributed by atoms with van der Waals surface area (Å²) in [7, 11) is 1.89. The zero-order valence-corrected chi connectivity index (χ0v) is 13.0. The highest BCUT2D eigenvalue weighted by Gasteiger charge is 2.21. The molecule has 1 aliphatic carbocycles. The maximum absolute atomic E-state index is 10.9. The molecule has 116 valence electrons. The van der Waals surface area contributed by atoms with Crippen LogP contribution in [0, 0.1) is 0 Å². The molecule has 0 spiro atoms. The zero-order chi connectivity index (χ0) is 15.1. The van der Waals surface area contributed by atoms with Gasteiger partial charge in [0.2, 0.25) is 10.1 Å². The highest BCUT2D eigenvalue weighted by Crippen LogP contribution is 2.34. The fourth-order valence-corrected chi connectivity index (χ4v) is 3.75. The minimum Gasteiger partial charge on any atom is -0.342 e. The third kappa shape index (κ3) is 2.41. The van der Waals surface area contributed by atoms with Gasteiger partial charge in [-0.15, -0.1) is 5.10 Å². The van der Waals surface area contributed by atoms with E-state index in [2.05, 4.69) is 19.8 Å². The Kier molecular flexibility index (Phi) is 3.21. The van der Waals surface area contributed by atoms with Gasteiger partial charge in [0.25, 0.3) is 0 Å². The van der Waals surface area contributed by atoms with Crippen molar-refractivity contribution in [3.05, 3.63) is 28.3 Å². The summed E-state index contributed by atoms with van der Waals surface area (Å²) >= 11 is 1.53. The molecule has 3 aromatic rings. The van der Waals surface area contributed by atoms with E-state index >= 15 is 0 Å². The van der Waals surface area contributed by atoms with E-state index in [1.54, 1.807) is 0 Å². The monoisotopic (exact) mass is 320 g/mol. The number of nitrogens with zero attached hydrogens (tertiary/aromatic N) is 5. The molecule has 0 saturated heterocycles. The van der Waals surface area contributed by atoms with Crippen molar-refractivity contribution in [2.24, 2.45) is 0 Å². The molecule has 1 aliphatic rings. The minimum absolute atomic E-state index is 0.428. The second-order valence-corrected chi connectivity index (χ2v) is 6.59. The van der Waals surface area contributed by atoms with E-state index in [9.17, 15) is 4.79 Å². The van der Waals surface area contributed by atoms with Gasteiger partial charge in [0.15, 0.2) is 5.82 Å². The number of fused-ring (bicyclic) bond motifs is 1. The van der Waals surface area contributed by atoms with Crippen LogP contribution in [0.25, 0.3) is 4.96 Å². The van der Waals surface area contributed by atoms with Crippen LogP contribution < -0.4 is 10.7 Å². The summed E-state index contributed by atoms with van der Waals surface area (Å²) in [5.74, 6) is 0.529. The minimum atomic E-state index is -0.543. The van der Waals surface area contributed by atoms with E-state index in [1.807, 2.05) is 22.7 Å². The Morgan fingerprint density at radius 3 is 3.00 bits per heavy atom. The van der Waals surface area contributed by atoms with Crippen molar-refractivity contribution in [3.8, 4) is 0 Å². The highest BCUT2D eigenvalue weighted by molar-refractivity contribution is 7.20. The van der Waals surface area contributed by atoms with Crippen molar-refractivity contribution in [1.82, 2.24) is 24.7 Å². The summed E-state index contributed by atoms with van der Waals surface area (Å²) in [5, 5.41) is 9.04. The van der Waals surface area contributed by atoms with Crippen molar-refractivity contribution in [2.45, 2.75) is 38.1 Å². The maximum Gasteiger partial charge on any atom is 0.438 e. The second-order valence-electron chi connectivity index (χ2n) is 5.66. The van der Waals surface area contributed by atoms with Gasteiger partial charge in [0, 0.05) is 13.0 Å². The Morgan fingerprint density at radius 1 is 1.50 bits per heavy atom. The maximum atomic E-state index is 10.9. The number of aromatic nitrogens is 5. The number of H-pyrrole nitrogens is 1. The Balaban J connectivity index is 1.54. The molecule has 0 bridgehead atoms. The molecule has 1 N–H and O–H groups in total. The van der Waals surface area contributed by atoms with Crippen molar-refractivity contribution in [1.29, 1.82) is 0 Å². The summed E-state index contributed by atoms with van der Waals surface area (Å²) in [4.78, 5) is 21.0. The van der Waals surface area contributed by atoms with E-state index in [1.165, 1.54) is 37.0 Å². The van der Waals surface area contributed by atoms with Crippen molar-refractivity contribution in [3.63, 3.8) is 0 Å². The molecule has 9 heteroatoms. The van der Waals surface area contributed by atoms with Crippen LogP contribution in [0.3, 0.4) is 0 Å². The van der Waals surface area contributed by atoms with Gasteiger partial charge in [-0.05, 0) is 12.8 Å². The number of rotatable bonds is 4. The third-order valence-electron chi connectivity index (χ3n) is 4.02. The fourth-order valence-electron chi connectivity index (χ4n) is 2.90. The molecule has 0 radical (unpaired) electrons. The first-order valence-corrected chi connectivity index (χ1v) is 8.13. The van der Waals surface area contributed by atoms with Gasteiger partial charge < -0.3 is 4.90 Å². The first kappa shape index (κ1) is 13.5. The van der Waals surface area contributed by atoms with Crippen molar-refractivity contribution >= 4 is 21.4 Å². The Labute approximate surface area is 129 Å². The first-order chi connectivity index (χ1) is 10.7. The van der Waals surface area contributed by atoms with Crippen LogP contribution in [0.1, 0.15) is 43.1 Å². The lowest BCUT2D eigenvalue weighted by molar-refractivity contribution is 0.381. The van der Waals surface area contributed by atoms with Gasteiger partial charge in [0.1, 0.15) is 0 Å². The number of imidazole rings is 1. The van der Waals surface area contributed by atoms with Crippen molar-refractivity contribution < 1.29 is 4.52 Å². The topological polar surface area (TPSA) is 92.3 Å². The van der Waals surface area contributed by atoms with Crippen LogP contribution in [0.15, 0.2) is 15.5 Å². The van der Waals surface area contributed by atoms with E-state index in [0.717, 1.165) is 15.8 Å². The zero-order valence-electron chi connectivity index (χ0n) is 12.2. The Hall–Kier alpha value is -2.16. The summed E-state index contributed by atoms with van der Waals surface area (Å²) in [6, 6.07) is 0. The average Bonchev–Trinajstić information content (AvgIpc) is 3.20. The van der Waals surface area contributed by atoms with Gasteiger partial charge in [-0.2, -0.15) is 0 Å². The molecule has 0 aliphatic heterocycles. The summed E-state index contributed by atoms with van der Waals surface area (Å²) in [5.41, 5.74) is 1.16. The average molecular weight is 320 g/mol. The second kappa shape index (κ2) is 5.24. The number of nitrogens with one attached hydrogen (secondary N) is 1. The van der Waals surface area contributed by atoms with Crippen LogP contribution in [-0.2, 0) is 6.54 Å². The van der Waals surface area contributed by atoms with Gasteiger partial charge in [-0.25, -0.2) is 14.3 Å². The molecule has 1 saturated carbocycles. The van der Waals surface area contributed by atoms with E-state index < -0.39 is 5.76 Å². The normalized spacial score (nSPS) is 15.9. The summed E-state index contributed by atoms with van der Waals surface area (Å²) in [6.07, 6.45) is 7.10. The Bertz CT molecular complexity index is 809. The van der Waals surface area contributed by atoms with Crippen LogP contribution in [0.2, 0.25) is 0 Å². The SMILES string of the molecule is CN(Cc1noc(=O)[nH]1)c1nn2cc(C3CCCC3)nc2s1. The Morgan fingerprint density at radius 2 is 2.32 bits per heavy atom. The molecular formula is C13H16N6O2S. The third-order valence-corrected chi connectivity index (χ3v) is 5.06. The van der Waals surface area contributed by atoms with Crippen LogP contribution in [0.4, 0.5) is 5.13 Å². The first-order valence-electron chi connectivity index (χ1n) is 7.31. The molecule has 22 heavy (non-hydrogen) atoms. The highest BCUT2D eigenvalue weighted by atomic mass is 32.1. The molecule has 0 unspecified atom stereocenters. The summed E-state index contributed by atoms with van der Waals surface area (Å²) < 4.78 is 6.34. The number of aromatic amines is 1. The van der Waals surface area contributed by atoms with Gasteiger partial charge >= 0.3 is 5.76 Å². The number of hydrogen-bond acceptors (Lipinski definition) is 7. The quantitative estimate of drug-likeness (QED) is 0.787. The predicted molar refractivity (Wildman–Crippen MR) is 81.3 cm³/mol. The molecule has 0 amide bonds. The van der Waals surface area contributed by atoms with Crippen molar-refractivity contribution in [2.75, 3.05) is 11.9 Å². The van der Waals surface area contributed by atoms with Crippen LogP contribution in [-0.4, -0.2) is 31.8 Å². The number of anilines is 1. The molecule has 3 heterocycles. The smallest absolute Gasteiger partial charge is 0.342 e. The molecule has 4 rings (SSSR count). The standard InChI is InChI=1S/C13H16N6O2S/c1-18(7-10-15-13(20)21-17-10)12-16-19-6-9(14-11(19)22-12)8-4-2-3-5-8/h6,8H,2-5,7H2,1H3,(H,15,17,20). The van der Waals surface area contributed by atoms with Gasteiger partial charge in [0.05, 0.1) is 18.4 Å². The lowest BCUT2D eigenvalue weighted by Gasteiger charge is -2.11. The lowest BCUT2D eigenvalue weighted by Crippen LogP contribution is -2.17. The molecule has 0 aromatic carbocycles. The predicted octanol–water partition coefficient (Wildman–Crippen LogP) is 1.76. The van der Waals surface area contributed by atoms with E-state index in [0.29, 0.717) is 18.3 Å². The molecule has 8 nitrogen and oxygen atoms in total. The summed E-state index contributed by atoms with van der Waals surface area (Å²) in [6.45, 7) is 0.428. The molecule has 0 atom stereocenters. The number of hydrogen-bond donors (Lipinski definition) is 1. The van der Waals surface area contributed by atoms with E-state index in [4.69, 9.17) is 4.98 Å². The molecule has 3 aromatic heterocycles. The molecular weight excluding hydrogens is 304 g/mol. The van der Waals surface area contributed by atoms with Crippen LogP contribution >= 0.6 is 11.3 Å². The fraction of sp³-hybridized carbons (Fsp3) is 0.538.